The number of methoxy groups -OCH3 is 1. The first kappa shape index (κ1) is 12.5. The molecule has 0 bridgehead atoms. The number of carbonyl (C=O) groups excluding carboxylic acids is 1. The van der Waals surface area contributed by atoms with Crippen LogP contribution >= 0.6 is 0 Å². The van der Waals surface area contributed by atoms with Crippen molar-refractivity contribution in [3.05, 3.63) is 48.0 Å². The summed E-state index contributed by atoms with van der Waals surface area (Å²) in [6, 6.07) is 13.1. The first-order chi connectivity index (χ1) is 9.78. The first-order valence-corrected chi connectivity index (χ1v) is 6.36. The van der Waals surface area contributed by atoms with Gasteiger partial charge in [-0.1, -0.05) is 18.2 Å². The van der Waals surface area contributed by atoms with Crippen molar-refractivity contribution in [1.82, 2.24) is 0 Å². The van der Waals surface area contributed by atoms with E-state index in [9.17, 15) is 4.79 Å². The highest BCUT2D eigenvalue weighted by atomic mass is 16.6. The van der Waals surface area contributed by atoms with Gasteiger partial charge >= 0.3 is 5.97 Å². The number of esters is 1. The van der Waals surface area contributed by atoms with Gasteiger partial charge in [0.1, 0.15) is 13.2 Å². The van der Waals surface area contributed by atoms with Crippen LogP contribution in [0, 0.1) is 0 Å². The van der Waals surface area contributed by atoms with Crippen LogP contribution < -0.4 is 9.47 Å². The summed E-state index contributed by atoms with van der Waals surface area (Å²) in [5, 5.41) is 0. The van der Waals surface area contributed by atoms with Crippen molar-refractivity contribution in [1.29, 1.82) is 0 Å². The maximum atomic E-state index is 11.4. The highest BCUT2D eigenvalue weighted by Gasteiger charge is 2.12. The van der Waals surface area contributed by atoms with Crippen LogP contribution in [0.25, 0.3) is 11.1 Å². The number of fused-ring (bicyclic) bond motifs is 1. The standard InChI is InChI=1S/C16H14O4/c1-18-16(17)12-4-2-11(3-5-12)13-6-7-14-15(10-13)20-9-8-19-14/h2-7,10H,8-9H2,1H3. The second-order valence-corrected chi connectivity index (χ2v) is 4.43. The largest absolute Gasteiger partial charge is 0.486 e. The third-order valence-electron chi connectivity index (χ3n) is 3.18. The minimum atomic E-state index is -0.335. The molecule has 4 heteroatoms. The zero-order chi connectivity index (χ0) is 13.9. The second-order valence-electron chi connectivity index (χ2n) is 4.43. The van der Waals surface area contributed by atoms with E-state index in [1.165, 1.54) is 7.11 Å². The molecule has 1 heterocycles. The minimum Gasteiger partial charge on any atom is -0.486 e. The molecule has 0 radical (unpaired) electrons. The van der Waals surface area contributed by atoms with Crippen molar-refractivity contribution in [3.63, 3.8) is 0 Å². The number of hydrogen-bond donors (Lipinski definition) is 0. The van der Waals surface area contributed by atoms with E-state index in [1.54, 1.807) is 12.1 Å². The Bertz CT molecular complexity index is 631. The molecule has 1 aliphatic rings. The predicted molar refractivity (Wildman–Crippen MR) is 74.2 cm³/mol. The van der Waals surface area contributed by atoms with Crippen LogP contribution in [0.5, 0.6) is 11.5 Å². The van der Waals surface area contributed by atoms with E-state index in [0.717, 1.165) is 22.6 Å². The van der Waals surface area contributed by atoms with Gasteiger partial charge in [-0.15, -0.1) is 0 Å². The molecular weight excluding hydrogens is 256 g/mol. The molecule has 0 fully saturated rings. The van der Waals surface area contributed by atoms with Gasteiger partial charge < -0.3 is 14.2 Å². The summed E-state index contributed by atoms with van der Waals surface area (Å²) < 4.78 is 15.7. The van der Waals surface area contributed by atoms with Crippen LogP contribution in [0.15, 0.2) is 42.5 Å². The van der Waals surface area contributed by atoms with Gasteiger partial charge in [-0.05, 0) is 35.4 Å². The third kappa shape index (κ3) is 2.32. The van der Waals surface area contributed by atoms with Gasteiger partial charge in [0.2, 0.25) is 0 Å². The molecule has 0 amide bonds. The summed E-state index contributed by atoms with van der Waals surface area (Å²) >= 11 is 0. The fourth-order valence-corrected chi connectivity index (χ4v) is 2.14. The van der Waals surface area contributed by atoms with Crippen molar-refractivity contribution < 1.29 is 19.0 Å². The van der Waals surface area contributed by atoms with Crippen LogP contribution in [-0.2, 0) is 4.74 Å². The average Bonchev–Trinajstić information content (AvgIpc) is 2.54. The lowest BCUT2D eigenvalue weighted by Crippen LogP contribution is -2.15. The number of hydrogen-bond acceptors (Lipinski definition) is 4. The molecule has 0 aromatic heterocycles. The first-order valence-electron chi connectivity index (χ1n) is 6.36. The SMILES string of the molecule is COC(=O)c1ccc(-c2ccc3c(c2)OCCO3)cc1. The van der Waals surface area contributed by atoms with Gasteiger partial charge in [-0.25, -0.2) is 4.79 Å². The molecule has 0 N–H and O–H groups in total. The Morgan fingerprint density at radius 2 is 1.60 bits per heavy atom. The molecule has 1 aliphatic heterocycles. The van der Waals surface area contributed by atoms with E-state index in [2.05, 4.69) is 4.74 Å². The Morgan fingerprint density at radius 3 is 2.30 bits per heavy atom. The van der Waals surface area contributed by atoms with Crippen LogP contribution in [0.4, 0.5) is 0 Å². The van der Waals surface area contributed by atoms with Crippen LogP contribution in [0.1, 0.15) is 10.4 Å². The average molecular weight is 270 g/mol. The van der Waals surface area contributed by atoms with E-state index in [4.69, 9.17) is 9.47 Å². The lowest BCUT2D eigenvalue weighted by Gasteiger charge is -2.18. The number of rotatable bonds is 2. The molecule has 20 heavy (non-hydrogen) atoms. The molecule has 0 saturated carbocycles. The number of ether oxygens (including phenoxy) is 3. The molecule has 2 aromatic carbocycles. The van der Waals surface area contributed by atoms with Gasteiger partial charge in [-0.3, -0.25) is 0 Å². The summed E-state index contributed by atoms with van der Waals surface area (Å²) in [4.78, 5) is 11.4. The van der Waals surface area contributed by atoms with Crippen molar-refractivity contribution in [2.24, 2.45) is 0 Å². The summed E-state index contributed by atoms with van der Waals surface area (Å²) in [6.07, 6.45) is 0. The Kier molecular flexibility index (Phi) is 3.29. The fraction of sp³-hybridized carbons (Fsp3) is 0.188. The molecule has 4 nitrogen and oxygen atoms in total. The van der Waals surface area contributed by atoms with Gasteiger partial charge in [-0.2, -0.15) is 0 Å². The number of carbonyl (C=O) groups is 1. The molecule has 0 saturated heterocycles. The van der Waals surface area contributed by atoms with E-state index >= 15 is 0 Å². The lowest BCUT2D eigenvalue weighted by atomic mass is 10.0. The smallest absolute Gasteiger partial charge is 0.337 e. The quantitative estimate of drug-likeness (QED) is 0.787. The Labute approximate surface area is 116 Å². The van der Waals surface area contributed by atoms with E-state index in [0.29, 0.717) is 18.8 Å². The van der Waals surface area contributed by atoms with Crippen molar-refractivity contribution in [2.45, 2.75) is 0 Å². The van der Waals surface area contributed by atoms with E-state index in [-0.39, 0.29) is 5.97 Å². The van der Waals surface area contributed by atoms with Gasteiger partial charge in [0.15, 0.2) is 11.5 Å². The maximum absolute atomic E-state index is 11.4. The lowest BCUT2D eigenvalue weighted by molar-refractivity contribution is 0.0601. The molecular formula is C16H14O4. The highest BCUT2D eigenvalue weighted by Crippen LogP contribution is 2.34. The van der Waals surface area contributed by atoms with E-state index in [1.807, 2.05) is 30.3 Å². The van der Waals surface area contributed by atoms with E-state index < -0.39 is 0 Å². The molecule has 0 spiro atoms. The maximum Gasteiger partial charge on any atom is 0.337 e. The topological polar surface area (TPSA) is 44.8 Å². The third-order valence-corrected chi connectivity index (χ3v) is 3.18. The molecule has 102 valence electrons. The fourth-order valence-electron chi connectivity index (χ4n) is 2.14. The predicted octanol–water partition coefficient (Wildman–Crippen LogP) is 2.91. The Hall–Kier alpha value is -2.49. The normalized spacial score (nSPS) is 12.8. The molecule has 3 rings (SSSR count). The zero-order valence-electron chi connectivity index (χ0n) is 11.1. The second kappa shape index (κ2) is 5.25. The summed E-state index contributed by atoms with van der Waals surface area (Å²) in [7, 11) is 1.37. The van der Waals surface area contributed by atoms with Crippen LogP contribution in [0.3, 0.4) is 0 Å². The van der Waals surface area contributed by atoms with Gasteiger partial charge in [0.25, 0.3) is 0 Å². The van der Waals surface area contributed by atoms with Crippen molar-refractivity contribution in [3.8, 4) is 22.6 Å². The molecule has 0 aliphatic carbocycles. The number of benzene rings is 2. The highest BCUT2D eigenvalue weighted by molar-refractivity contribution is 5.90. The summed E-state index contributed by atoms with van der Waals surface area (Å²) in [5.41, 5.74) is 2.56. The minimum absolute atomic E-state index is 0.335. The zero-order valence-corrected chi connectivity index (χ0v) is 11.1. The molecule has 0 atom stereocenters. The van der Waals surface area contributed by atoms with Crippen molar-refractivity contribution >= 4 is 5.97 Å². The van der Waals surface area contributed by atoms with Gasteiger partial charge in [0, 0.05) is 0 Å². The molecule has 0 unspecified atom stereocenters. The van der Waals surface area contributed by atoms with Crippen LogP contribution in [-0.4, -0.2) is 26.3 Å². The Balaban J connectivity index is 1.91. The van der Waals surface area contributed by atoms with Crippen LogP contribution in [0.2, 0.25) is 0 Å². The van der Waals surface area contributed by atoms with Crippen molar-refractivity contribution in [2.75, 3.05) is 20.3 Å². The Morgan fingerprint density at radius 1 is 0.950 bits per heavy atom. The monoisotopic (exact) mass is 270 g/mol. The van der Waals surface area contributed by atoms with Gasteiger partial charge in [0.05, 0.1) is 12.7 Å². The summed E-state index contributed by atoms with van der Waals surface area (Å²) in [5.74, 6) is 1.19. The molecule has 2 aromatic rings. The summed E-state index contributed by atoms with van der Waals surface area (Å²) in [6.45, 7) is 1.15.